The number of carbonyl (C=O) groups is 1. The van der Waals surface area contributed by atoms with Crippen molar-refractivity contribution in [3.63, 3.8) is 0 Å². The lowest BCUT2D eigenvalue weighted by Crippen LogP contribution is -2.30. The van der Waals surface area contributed by atoms with Crippen LogP contribution in [0.5, 0.6) is 0 Å². The van der Waals surface area contributed by atoms with Gasteiger partial charge in [-0.25, -0.2) is 0 Å². The zero-order valence-corrected chi connectivity index (χ0v) is 15.6. The van der Waals surface area contributed by atoms with E-state index < -0.39 is 0 Å². The first-order valence-corrected chi connectivity index (χ1v) is 9.64. The largest absolute Gasteiger partial charge is 0.352 e. The molecule has 0 heterocycles. The third kappa shape index (κ3) is 6.38. The molecular weight excluding hydrogens is 306 g/mol. The van der Waals surface area contributed by atoms with Crippen molar-refractivity contribution in [1.82, 2.24) is 5.32 Å². The summed E-state index contributed by atoms with van der Waals surface area (Å²) in [7, 11) is 0. The number of unbranched alkanes of at least 4 members (excludes halogenated alkanes) is 1. The van der Waals surface area contributed by atoms with Crippen LogP contribution in [0, 0.1) is 5.92 Å². The van der Waals surface area contributed by atoms with E-state index in [1.165, 1.54) is 24.8 Å². The molecule has 0 aliphatic rings. The summed E-state index contributed by atoms with van der Waals surface area (Å²) in [6, 6.07) is 18.4. The number of amides is 1. The first-order valence-electron chi connectivity index (χ1n) is 9.64. The molecule has 0 bridgehead atoms. The maximum absolute atomic E-state index is 12.7. The van der Waals surface area contributed by atoms with Gasteiger partial charge in [-0.3, -0.25) is 4.79 Å². The summed E-state index contributed by atoms with van der Waals surface area (Å²) in [4.78, 5) is 12.7. The van der Waals surface area contributed by atoms with Crippen LogP contribution in [0.3, 0.4) is 0 Å². The molecule has 1 N–H and O–H groups in total. The summed E-state index contributed by atoms with van der Waals surface area (Å²) in [6.07, 6.45) is 6.62. The molecule has 0 aliphatic carbocycles. The van der Waals surface area contributed by atoms with Crippen LogP contribution >= 0.6 is 0 Å². The minimum absolute atomic E-state index is 0.0682. The number of aryl methyl sites for hydroxylation is 2. The number of carbonyl (C=O) groups excluding carboxylic acids is 1. The Morgan fingerprint density at radius 2 is 1.68 bits per heavy atom. The van der Waals surface area contributed by atoms with Crippen molar-refractivity contribution in [2.75, 3.05) is 6.54 Å². The predicted molar refractivity (Wildman–Crippen MR) is 106 cm³/mol. The molecule has 2 aromatic carbocycles. The standard InChI is InChI=1S/C23H31NO/c1-3-5-11-19(4-2)18-24-23(25)22-15-10-9-14-21(22)17-16-20-12-7-6-8-13-20/h6-10,12-15,19H,3-5,11,16-18H2,1-2H3,(H,24,25). The quantitative estimate of drug-likeness (QED) is 0.616. The van der Waals surface area contributed by atoms with Gasteiger partial charge in [0, 0.05) is 12.1 Å². The van der Waals surface area contributed by atoms with Gasteiger partial charge in [-0.15, -0.1) is 0 Å². The molecule has 0 saturated heterocycles. The Hall–Kier alpha value is -2.09. The average Bonchev–Trinajstić information content (AvgIpc) is 2.67. The first kappa shape index (κ1) is 19.2. The van der Waals surface area contributed by atoms with Crippen LogP contribution in [0.4, 0.5) is 0 Å². The van der Waals surface area contributed by atoms with E-state index in [4.69, 9.17) is 0 Å². The normalized spacial score (nSPS) is 11.9. The molecule has 1 atom stereocenters. The Balaban J connectivity index is 1.95. The van der Waals surface area contributed by atoms with Crippen LogP contribution in [0.2, 0.25) is 0 Å². The molecule has 1 unspecified atom stereocenters. The highest BCUT2D eigenvalue weighted by Crippen LogP contribution is 2.15. The second kappa shape index (κ2) is 10.7. The molecule has 0 saturated carbocycles. The fourth-order valence-corrected chi connectivity index (χ4v) is 3.16. The zero-order chi connectivity index (χ0) is 17.9. The Morgan fingerprint density at radius 3 is 2.40 bits per heavy atom. The third-order valence-electron chi connectivity index (χ3n) is 4.88. The minimum Gasteiger partial charge on any atom is -0.352 e. The van der Waals surface area contributed by atoms with Crippen molar-refractivity contribution in [2.45, 2.75) is 52.4 Å². The van der Waals surface area contributed by atoms with Crippen molar-refractivity contribution in [2.24, 2.45) is 5.92 Å². The number of rotatable bonds is 10. The van der Waals surface area contributed by atoms with Crippen molar-refractivity contribution in [3.05, 3.63) is 71.3 Å². The topological polar surface area (TPSA) is 29.1 Å². The zero-order valence-electron chi connectivity index (χ0n) is 15.6. The van der Waals surface area contributed by atoms with E-state index in [2.05, 4.69) is 49.5 Å². The molecule has 0 spiro atoms. The van der Waals surface area contributed by atoms with Gasteiger partial charge in [0.2, 0.25) is 0 Å². The summed E-state index contributed by atoms with van der Waals surface area (Å²) in [5.41, 5.74) is 3.26. The molecule has 2 nitrogen and oxygen atoms in total. The van der Waals surface area contributed by atoms with E-state index >= 15 is 0 Å². The van der Waals surface area contributed by atoms with Gasteiger partial charge < -0.3 is 5.32 Å². The van der Waals surface area contributed by atoms with Crippen LogP contribution in [0.15, 0.2) is 54.6 Å². The van der Waals surface area contributed by atoms with Crippen LogP contribution in [0.25, 0.3) is 0 Å². The van der Waals surface area contributed by atoms with E-state index in [9.17, 15) is 4.79 Å². The van der Waals surface area contributed by atoms with E-state index in [1.54, 1.807) is 0 Å². The Labute approximate surface area is 152 Å². The second-order valence-corrected chi connectivity index (χ2v) is 6.77. The van der Waals surface area contributed by atoms with E-state index in [0.29, 0.717) is 5.92 Å². The molecule has 0 aliphatic heterocycles. The van der Waals surface area contributed by atoms with Gasteiger partial charge in [-0.2, -0.15) is 0 Å². The smallest absolute Gasteiger partial charge is 0.251 e. The molecule has 25 heavy (non-hydrogen) atoms. The number of hydrogen-bond acceptors (Lipinski definition) is 1. The fraction of sp³-hybridized carbons (Fsp3) is 0.435. The van der Waals surface area contributed by atoms with Gasteiger partial charge in [0.25, 0.3) is 5.91 Å². The average molecular weight is 338 g/mol. The lowest BCUT2D eigenvalue weighted by atomic mass is 9.97. The van der Waals surface area contributed by atoms with Crippen molar-refractivity contribution < 1.29 is 4.79 Å². The van der Waals surface area contributed by atoms with Crippen LogP contribution < -0.4 is 5.32 Å². The summed E-state index contributed by atoms with van der Waals surface area (Å²) in [5, 5.41) is 3.16. The van der Waals surface area contributed by atoms with Gasteiger partial charge in [-0.1, -0.05) is 81.6 Å². The van der Waals surface area contributed by atoms with E-state index in [-0.39, 0.29) is 5.91 Å². The number of hydrogen-bond donors (Lipinski definition) is 1. The summed E-state index contributed by atoms with van der Waals surface area (Å²) in [6.45, 7) is 5.21. The highest BCUT2D eigenvalue weighted by molar-refractivity contribution is 5.95. The summed E-state index contributed by atoms with van der Waals surface area (Å²) < 4.78 is 0. The number of benzene rings is 2. The Bertz CT molecular complexity index is 636. The fourth-order valence-electron chi connectivity index (χ4n) is 3.16. The van der Waals surface area contributed by atoms with Gasteiger partial charge in [0.15, 0.2) is 0 Å². The van der Waals surface area contributed by atoms with Crippen LogP contribution in [-0.2, 0) is 12.8 Å². The van der Waals surface area contributed by atoms with Crippen molar-refractivity contribution in [1.29, 1.82) is 0 Å². The highest BCUT2D eigenvalue weighted by Gasteiger charge is 2.13. The maximum atomic E-state index is 12.7. The summed E-state index contributed by atoms with van der Waals surface area (Å²) >= 11 is 0. The molecule has 2 rings (SSSR count). The van der Waals surface area contributed by atoms with Crippen molar-refractivity contribution in [3.8, 4) is 0 Å². The molecule has 0 aromatic heterocycles. The van der Waals surface area contributed by atoms with Gasteiger partial charge in [0.05, 0.1) is 0 Å². The molecular formula is C23H31NO. The lowest BCUT2D eigenvalue weighted by molar-refractivity contribution is 0.0945. The molecule has 2 heteroatoms. The van der Waals surface area contributed by atoms with Gasteiger partial charge >= 0.3 is 0 Å². The third-order valence-corrected chi connectivity index (χ3v) is 4.88. The van der Waals surface area contributed by atoms with Crippen LogP contribution in [-0.4, -0.2) is 12.5 Å². The molecule has 0 fully saturated rings. The second-order valence-electron chi connectivity index (χ2n) is 6.77. The van der Waals surface area contributed by atoms with Crippen LogP contribution in [0.1, 0.15) is 61.0 Å². The predicted octanol–water partition coefficient (Wildman–Crippen LogP) is 5.42. The molecule has 1 amide bonds. The molecule has 0 radical (unpaired) electrons. The van der Waals surface area contributed by atoms with Gasteiger partial charge in [0.1, 0.15) is 0 Å². The SMILES string of the molecule is CCCCC(CC)CNC(=O)c1ccccc1CCc1ccccc1. The molecule has 134 valence electrons. The first-order chi connectivity index (χ1) is 12.2. The monoisotopic (exact) mass is 337 g/mol. The Kier molecular flexibility index (Phi) is 8.24. The lowest BCUT2D eigenvalue weighted by Gasteiger charge is -2.16. The molecule has 2 aromatic rings. The highest BCUT2D eigenvalue weighted by atomic mass is 16.1. The van der Waals surface area contributed by atoms with E-state index in [0.717, 1.165) is 36.9 Å². The van der Waals surface area contributed by atoms with Crippen molar-refractivity contribution >= 4 is 5.91 Å². The summed E-state index contributed by atoms with van der Waals surface area (Å²) in [5.74, 6) is 0.652. The number of nitrogens with one attached hydrogen (secondary N) is 1. The Morgan fingerprint density at radius 1 is 0.960 bits per heavy atom. The minimum atomic E-state index is 0.0682. The van der Waals surface area contributed by atoms with E-state index in [1.807, 2.05) is 24.3 Å². The van der Waals surface area contributed by atoms with Gasteiger partial charge in [-0.05, 0) is 42.4 Å². The maximum Gasteiger partial charge on any atom is 0.251 e.